The van der Waals surface area contributed by atoms with Crippen LogP contribution < -0.4 is 9.62 Å². The second-order valence-corrected chi connectivity index (χ2v) is 9.71. The van der Waals surface area contributed by atoms with Crippen LogP contribution in [0, 0.1) is 6.92 Å². The number of carbonyl (C=O) groups excluding carboxylic acids is 1. The summed E-state index contributed by atoms with van der Waals surface area (Å²) in [6, 6.07) is 15.2. The summed E-state index contributed by atoms with van der Waals surface area (Å²) in [5, 5.41) is 7.54. The Morgan fingerprint density at radius 3 is 2.68 bits per heavy atom. The molecule has 1 aromatic heterocycles. The van der Waals surface area contributed by atoms with Crippen LogP contribution >= 0.6 is 0 Å². The molecule has 1 aliphatic heterocycles. The summed E-state index contributed by atoms with van der Waals surface area (Å²) in [6.45, 7) is 2.98. The van der Waals surface area contributed by atoms with Crippen molar-refractivity contribution < 1.29 is 13.2 Å². The van der Waals surface area contributed by atoms with Crippen LogP contribution in [0.1, 0.15) is 33.6 Å². The maximum atomic E-state index is 12.5. The van der Waals surface area contributed by atoms with E-state index in [1.54, 1.807) is 18.2 Å². The summed E-state index contributed by atoms with van der Waals surface area (Å²) in [6.07, 6.45) is 5.50. The Morgan fingerprint density at radius 2 is 1.94 bits per heavy atom. The second-order valence-electron chi connectivity index (χ2n) is 7.81. The van der Waals surface area contributed by atoms with Crippen LogP contribution in [0.4, 0.5) is 5.69 Å². The van der Waals surface area contributed by atoms with Gasteiger partial charge in [-0.25, -0.2) is 13.1 Å². The smallest absolute Gasteiger partial charge is 0.251 e. The van der Waals surface area contributed by atoms with E-state index in [1.165, 1.54) is 10.6 Å². The van der Waals surface area contributed by atoms with Crippen molar-refractivity contribution in [1.29, 1.82) is 0 Å². The Bertz CT molecular complexity index is 1200. The summed E-state index contributed by atoms with van der Waals surface area (Å²) in [5.74, 6) is -0.141. The van der Waals surface area contributed by atoms with Crippen molar-refractivity contribution in [2.24, 2.45) is 0 Å². The first-order chi connectivity index (χ1) is 14.8. The van der Waals surface area contributed by atoms with Gasteiger partial charge in [0.2, 0.25) is 10.0 Å². The molecule has 1 amide bonds. The van der Waals surface area contributed by atoms with Gasteiger partial charge in [0.25, 0.3) is 5.91 Å². The van der Waals surface area contributed by atoms with Gasteiger partial charge in [0, 0.05) is 24.8 Å². The number of hydrogen-bond donors (Lipinski definition) is 1. The number of para-hydroxylation sites is 1. The highest BCUT2D eigenvalue weighted by Gasteiger charge is 2.26. The van der Waals surface area contributed by atoms with Crippen LogP contribution in [0.2, 0.25) is 0 Å². The number of rotatable bonds is 7. The predicted molar refractivity (Wildman–Crippen MR) is 121 cm³/mol. The predicted octanol–water partition coefficient (Wildman–Crippen LogP) is 2.87. The molecule has 2 heterocycles. The summed E-state index contributed by atoms with van der Waals surface area (Å²) in [4.78, 5) is 12.5. The summed E-state index contributed by atoms with van der Waals surface area (Å²) >= 11 is 0. The third-order valence-corrected chi connectivity index (χ3v) is 6.70. The highest BCUT2D eigenvalue weighted by atomic mass is 32.2. The Kier molecular flexibility index (Phi) is 5.82. The molecule has 8 heteroatoms. The lowest BCUT2D eigenvalue weighted by atomic mass is 10.1. The second kappa shape index (κ2) is 8.55. The topological polar surface area (TPSA) is 84.3 Å². The third-order valence-electron chi connectivity index (χ3n) is 5.52. The Labute approximate surface area is 182 Å². The highest BCUT2D eigenvalue weighted by molar-refractivity contribution is 7.92. The van der Waals surface area contributed by atoms with Gasteiger partial charge in [-0.15, -0.1) is 0 Å². The number of fused-ring (bicyclic) bond motifs is 1. The van der Waals surface area contributed by atoms with Crippen molar-refractivity contribution in [3.05, 3.63) is 77.1 Å². The largest absolute Gasteiger partial charge is 0.352 e. The van der Waals surface area contributed by atoms with Crippen molar-refractivity contribution >= 4 is 21.6 Å². The number of nitrogens with one attached hydrogen (secondary N) is 1. The zero-order valence-corrected chi connectivity index (χ0v) is 18.5. The minimum Gasteiger partial charge on any atom is -0.352 e. The van der Waals surface area contributed by atoms with E-state index < -0.39 is 10.0 Å². The van der Waals surface area contributed by atoms with Gasteiger partial charge >= 0.3 is 0 Å². The lowest BCUT2D eigenvalue weighted by molar-refractivity contribution is 0.0953. The maximum absolute atomic E-state index is 12.5. The van der Waals surface area contributed by atoms with Crippen LogP contribution in [0.25, 0.3) is 5.69 Å². The van der Waals surface area contributed by atoms with E-state index in [4.69, 9.17) is 0 Å². The fraction of sp³-hybridized carbons (Fsp3) is 0.304. The van der Waals surface area contributed by atoms with Gasteiger partial charge in [0.1, 0.15) is 0 Å². The molecule has 7 nitrogen and oxygen atoms in total. The number of amides is 1. The molecule has 0 spiro atoms. The van der Waals surface area contributed by atoms with Gasteiger partial charge in [0.05, 0.1) is 23.3 Å². The zero-order chi connectivity index (χ0) is 22.0. The number of aryl methyl sites for hydroxylation is 2. The summed E-state index contributed by atoms with van der Waals surface area (Å²) in [5.41, 5.74) is 5.30. The van der Waals surface area contributed by atoms with Gasteiger partial charge in [-0.3, -0.25) is 9.10 Å². The molecule has 0 saturated carbocycles. The monoisotopic (exact) mass is 438 g/mol. The van der Waals surface area contributed by atoms with Gasteiger partial charge in [-0.1, -0.05) is 18.2 Å². The average molecular weight is 439 g/mol. The Balaban J connectivity index is 1.32. The lowest BCUT2D eigenvalue weighted by Crippen LogP contribution is -2.27. The molecule has 0 radical (unpaired) electrons. The maximum Gasteiger partial charge on any atom is 0.251 e. The van der Waals surface area contributed by atoms with E-state index in [0.29, 0.717) is 30.8 Å². The molecule has 0 unspecified atom stereocenters. The van der Waals surface area contributed by atoms with Gasteiger partial charge in [-0.2, -0.15) is 5.10 Å². The highest BCUT2D eigenvalue weighted by Crippen LogP contribution is 2.30. The van der Waals surface area contributed by atoms with Gasteiger partial charge in [-0.05, 0) is 67.6 Å². The lowest BCUT2D eigenvalue weighted by Gasteiger charge is -2.16. The van der Waals surface area contributed by atoms with E-state index in [9.17, 15) is 13.2 Å². The quantitative estimate of drug-likeness (QED) is 0.575. The minimum absolute atomic E-state index is 0.141. The first-order valence-electron chi connectivity index (χ1n) is 10.3. The number of nitrogens with zero attached hydrogens (tertiary/aromatic N) is 3. The molecule has 1 N–H and O–H groups in total. The zero-order valence-electron chi connectivity index (χ0n) is 17.7. The van der Waals surface area contributed by atoms with E-state index in [1.807, 2.05) is 48.1 Å². The molecule has 162 valence electrons. The van der Waals surface area contributed by atoms with E-state index in [0.717, 1.165) is 35.3 Å². The first kappa shape index (κ1) is 21.1. The molecule has 0 aliphatic carbocycles. The molecule has 1 aliphatic rings. The summed E-state index contributed by atoms with van der Waals surface area (Å²) in [7, 11) is -3.29. The number of anilines is 1. The van der Waals surface area contributed by atoms with Crippen molar-refractivity contribution in [2.75, 3.05) is 23.7 Å². The van der Waals surface area contributed by atoms with Crippen LogP contribution in [0.3, 0.4) is 0 Å². The molecule has 0 bridgehead atoms. The van der Waals surface area contributed by atoms with Crippen LogP contribution in [0.15, 0.2) is 54.7 Å². The van der Waals surface area contributed by atoms with Crippen LogP contribution in [0.5, 0.6) is 0 Å². The number of sulfonamides is 1. The fourth-order valence-electron chi connectivity index (χ4n) is 3.89. The number of aromatic nitrogens is 2. The van der Waals surface area contributed by atoms with Crippen molar-refractivity contribution in [2.45, 2.75) is 26.2 Å². The van der Waals surface area contributed by atoms with Crippen molar-refractivity contribution in [3.63, 3.8) is 0 Å². The third kappa shape index (κ3) is 4.64. The van der Waals surface area contributed by atoms with Gasteiger partial charge < -0.3 is 5.32 Å². The Morgan fingerprint density at radius 1 is 1.16 bits per heavy atom. The molecular formula is C23H26N4O3S. The Hall–Kier alpha value is -3.13. The molecule has 0 saturated heterocycles. The molecule has 2 aromatic carbocycles. The first-order valence-corrected chi connectivity index (χ1v) is 12.2. The van der Waals surface area contributed by atoms with E-state index >= 15 is 0 Å². The number of carbonyl (C=O) groups is 1. The van der Waals surface area contributed by atoms with Crippen molar-refractivity contribution in [3.8, 4) is 5.69 Å². The fourth-order valence-corrected chi connectivity index (χ4v) is 4.85. The minimum atomic E-state index is -3.29. The molecular weight excluding hydrogens is 412 g/mol. The molecule has 0 atom stereocenters. The molecule has 3 aromatic rings. The average Bonchev–Trinajstić information content (AvgIpc) is 3.34. The van der Waals surface area contributed by atoms with Crippen LogP contribution in [-0.4, -0.2) is 43.5 Å². The molecule has 31 heavy (non-hydrogen) atoms. The van der Waals surface area contributed by atoms with Crippen molar-refractivity contribution in [1.82, 2.24) is 15.1 Å². The van der Waals surface area contributed by atoms with E-state index in [2.05, 4.69) is 10.4 Å². The normalized spacial score (nSPS) is 13.3. The van der Waals surface area contributed by atoms with E-state index in [-0.39, 0.29) is 5.91 Å². The molecule has 4 rings (SSSR count). The van der Waals surface area contributed by atoms with Crippen LogP contribution in [-0.2, 0) is 22.9 Å². The number of benzene rings is 2. The van der Waals surface area contributed by atoms with Gasteiger partial charge in [0.15, 0.2) is 0 Å². The standard InChI is InChI=1S/C23H26N4O3S/c1-17-20(16-26(25-17)21-8-4-3-5-9-21)7-6-13-24-23(28)19-10-11-22-18(15-19)12-14-27(22)31(2,29)30/h3-5,8-11,15-16H,6-7,12-14H2,1-2H3,(H,24,28). The number of hydrogen-bond acceptors (Lipinski definition) is 4. The SMILES string of the molecule is Cc1nn(-c2ccccc2)cc1CCCNC(=O)c1ccc2c(c1)CCN2S(C)(=O)=O. The summed E-state index contributed by atoms with van der Waals surface area (Å²) < 4.78 is 27.0. The molecule has 0 fully saturated rings.